The van der Waals surface area contributed by atoms with Gasteiger partial charge < -0.3 is 9.47 Å². The Morgan fingerprint density at radius 3 is 1.71 bits per heavy atom. The second-order valence-corrected chi connectivity index (χ2v) is 3.72. The molecule has 0 spiro atoms. The van der Waals surface area contributed by atoms with Crippen LogP contribution in [0.2, 0.25) is 0 Å². The fourth-order valence-corrected chi connectivity index (χ4v) is 0.687. The summed E-state index contributed by atoms with van der Waals surface area (Å²) >= 11 is 0. The van der Waals surface area contributed by atoms with Crippen LogP contribution in [0.5, 0.6) is 0 Å². The van der Waals surface area contributed by atoms with Gasteiger partial charge in [-0.25, -0.2) is 4.79 Å². The first-order valence-corrected chi connectivity index (χ1v) is 4.75. The fraction of sp³-hybridized carbons (Fsp3) is 0.800. The SMILES string of the molecule is CC(C)OC(=O)C(C)OC(=O)C(C)C. The number of ether oxygens (including phenoxy) is 2. The predicted molar refractivity (Wildman–Crippen MR) is 51.6 cm³/mol. The first kappa shape index (κ1) is 12.9. The smallest absolute Gasteiger partial charge is 0.347 e. The highest BCUT2D eigenvalue weighted by Gasteiger charge is 2.21. The van der Waals surface area contributed by atoms with Crippen molar-refractivity contribution in [1.82, 2.24) is 0 Å². The Balaban J connectivity index is 4.01. The molecule has 0 aliphatic heterocycles. The van der Waals surface area contributed by atoms with Crippen molar-refractivity contribution >= 4 is 11.9 Å². The molecule has 0 amide bonds. The van der Waals surface area contributed by atoms with Crippen LogP contribution in [0.3, 0.4) is 0 Å². The van der Waals surface area contributed by atoms with Crippen molar-refractivity contribution in [3.63, 3.8) is 0 Å². The van der Waals surface area contributed by atoms with E-state index in [4.69, 9.17) is 9.47 Å². The predicted octanol–water partition coefficient (Wildman–Crippen LogP) is 1.53. The van der Waals surface area contributed by atoms with Gasteiger partial charge in [-0.15, -0.1) is 0 Å². The Morgan fingerprint density at radius 1 is 0.857 bits per heavy atom. The summed E-state index contributed by atoms with van der Waals surface area (Å²) in [5.74, 6) is -1.13. The lowest BCUT2D eigenvalue weighted by Crippen LogP contribution is -2.29. The maximum absolute atomic E-state index is 11.2. The van der Waals surface area contributed by atoms with Gasteiger partial charge in [0.05, 0.1) is 12.0 Å². The van der Waals surface area contributed by atoms with Gasteiger partial charge in [-0.1, -0.05) is 13.8 Å². The number of carbonyl (C=O) groups excluding carboxylic acids is 2. The number of esters is 2. The minimum Gasteiger partial charge on any atom is -0.460 e. The third-order valence-corrected chi connectivity index (χ3v) is 1.45. The van der Waals surface area contributed by atoms with E-state index in [1.807, 2.05) is 0 Å². The van der Waals surface area contributed by atoms with Crippen LogP contribution in [0.25, 0.3) is 0 Å². The van der Waals surface area contributed by atoms with Crippen molar-refractivity contribution in [1.29, 1.82) is 0 Å². The molecule has 14 heavy (non-hydrogen) atoms. The van der Waals surface area contributed by atoms with Crippen molar-refractivity contribution in [2.45, 2.75) is 46.8 Å². The van der Waals surface area contributed by atoms with Crippen molar-refractivity contribution in [2.75, 3.05) is 0 Å². The second-order valence-electron chi connectivity index (χ2n) is 3.72. The van der Waals surface area contributed by atoms with Gasteiger partial charge in [0.2, 0.25) is 0 Å². The lowest BCUT2D eigenvalue weighted by molar-refractivity contribution is -0.170. The zero-order valence-electron chi connectivity index (χ0n) is 9.37. The number of rotatable bonds is 4. The van der Waals surface area contributed by atoms with Crippen LogP contribution < -0.4 is 0 Å². The lowest BCUT2D eigenvalue weighted by atomic mass is 10.2. The Hall–Kier alpha value is -1.06. The zero-order valence-corrected chi connectivity index (χ0v) is 9.37. The summed E-state index contributed by atoms with van der Waals surface area (Å²) in [4.78, 5) is 22.3. The molecule has 4 heteroatoms. The van der Waals surface area contributed by atoms with Gasteiger partial charge in [0.25, 0.3) is 0 Å². The van der Waals surface area contributed by atoms with Crippen LogP contribution in [0.4, 0.5) is 0 Å². The quantitative estimate of drug-likeness (QED) is 0.649. The third-order valence-electron chi connectivity index (χ3n) is 1.45. The summed E-state index contributed by atoms with van der Waals surface area (Å²) in [6.07, 6.45) is -1.02. The van der Waals surface area contributed by atoms with E-state index in [2.05, 4.69) is 0 Å². The molecular formula is C10H18O4. The van der Waals surface area contributed by atoms with E-state index < -0.39 is 18.0 Å². The standard InChI is InChI=1S/C10H18O4/c1-6(2)9(11)14-8(5)10(12)13-7(3)4/h6-8H,1-5H3. The van der Waals surface area contributed by atoms with Gasteiger partial charge in [0, 0.05) is 0 Å². The molecule has 4 nitrogen and oxygen atoms in total. The van der Waals surface area contributed by atoms with Gasteiger partial charge in [0.15, 0.2) is 6.10 Å². The van der Waals surface area contributed by atoms with Gasteiger partial charge in [-0.05, 0) is 20.8 Å². The average molecular weight is 202 g/mol. The van der Waals surface area contributed by atoms with Gasteiger partial charge in [0.1, 0.15) is 0 Å². The number of carbonyl (C=O) groups is 2. The van der Waals surface area contributed by atoms with Crippen molar-refractivity contribution in [3.05, 3.63) is 0 Å². The van der Waals surface area contributed by atoms with E-state index in [-0.39, 0.29) is 12.0 Å². The molecule has 0 aliphatic carbocycles. The summed E-state index contributed by atoms with van der Waals surface area (Å²) < 4.78 is 9.74. The average Bonchev–Trinajstić information content (AvgIpc) is 2.02. The first-order chi connectivity index (χ1) is 6.34. The fourth-order valence-electron chi connectivity index (χ4n) is 0.687. The van der Waals surface area contributed by atoms with Crippen LogP contribution >= 0.6 is 0 Å². The largest absolute Gasteiger partial charge is 0.460 e. The van der Waals surface area contributed by atoms with Crippen LogP contribution in [0.15, 0.2) is 0 Å². The number of hydrogen-bond donors (Lipinski definition) is 0. The van der Waals surface area contributed by atoms with Crippen LogP contribution in [0.1, 0.15) is 34.6 Å². The normalized spacial score (nSPS) is 12.8. The summed E-state index contributed by atoms with van der Waals surface area (Å²) in [6, 6.07) is 0. The molecule has 82 valence electrons. The van der Waals surface area contributed by atoms with E-state index in [1.165, 1.54) is 6.92 Å². The molecule has 0 radical (unpaired) electrons. The monoisotopic (exact) mass is 202 g/mol. The molecule has 0 saturated heterocycles. The van der Waals surface area contributed by atoms with Crippen LogP contribution in [-0.4, -0.2) is 24.1 Å². The molecule has 1 unspecified atom stereocenters. The molecule has 0 rings (SSSR count). The lowest BCUT2D eigenvalue weighted by Gasteiger charge is -2.15. The molecule has 0 aliphatic rings. The molecule has 0 aromatic rings. The highest BCUT2D eigenvalue weighted by Crippen LogP contribution is 2.03. The molecule has 0 fully saturated rings. The molecular weight excluding hydrogens is 184 g/mol. The Morgan fingerprint density at radius 2 is 1.36 bits per heavy atom. The van der Waals surface area contributed by atoms with Gasteiger partial charge >= 0.3 is 11.9 Å². The van der Waals surface area contributed by atoms with E-state index in [0.717, 1.165) is 0 Å². The molecule has 0 saturated carbocycles. The first-order valence-electron chi connectivity index (χ1n) is 4.75. The minimum absolute atomic E-state index is 0.192. The van der Waals surface area contributed by atoms with Gasteiger partial charge in [-0.3, -0.25) is 4.79 Å². The van der Waals surface area contributed by atoms with Crippen LogP contribution in [-0.2, 0) is 19.1 Å². The Bertz CT molecular complexity index is 208. The topological polar surface area (TPSA) is 52.6 Å². The zero-order chi connectivity index (χ0) is 11.3. The Kier molecular flexibility index (Phi) is 5.20. The van der Waals surface area contributed by atoms with Crippen molar-refractivity contribution < 1.29 is 19.1 Å². The highest BCUT2D eigenvalue weighted by molar-refractivity contribution is 5.79. The molecule has 0 N–H and O–H groups in total. The van der Waals surface area contributed by atoms with Crippen molar-refractivity contribution in [3.8, 4) is 0 Å². The second kappa shape index (κ2) is 5.62. The molecule has 0 aromatic heterocycles. The summed E-state index contributed by atoms with van der Waals surface area (Å²) in [7, 11) is 0. The summed E-state index contributed by atoms with van der Waals surface area (Å²) in [6.45, 7) is 8.42. The Labute approximate surface area is 84.6 Å². The third kappa shape index (κ3) is 4.84. The summed E-state index contributed by atoms with van der Waals surface area (Å²) in [5, 5.41) is 0. The maximum atomic E-state index is 11.2. The van der Waals surface area contributed by atoms with E-state index in [9.17, 15) is 9.59 Å². The minimum atomic E-state index is -0.827. The molecule has 0 aromatic carbocycles. The van der Waals surface area contributed by atoms with E-state index in [0.29, 0.717) is 0 Å². The maximum Gasteiger partial charge on any atom is 0.347 e. The van der Waals surface area contributed by atoms with Crippen molar-refractivity contribution in [2.24, 2.45) is 5.92 Å². The van der Waals surface area contributed by atoms with Gasteiger partial charge in [-0.2, -0.15) is 0 Å². The van der Waals surface area contributed by atoms with Crippen LogP contribution in [0, 0.1) is 5.92 Å². The van der Waals surface area contributed by atoms with E-state index >= 15 is 0 Å². The number of hydrogen-bond acceptors (Lipinski definition) is 4. The highest BCUT2D eigenvalue weighted by atomic mass is 16.6. The van der Waals surface area contributed by atoms with E-state index in [1.54, 1.807) is 27.7 Å². The molecule has 0 heterocycles. The molecule has 0 bridgehead atoms. The molecule has 1 atom stereocenters. The summed E-state index contributed by atoms with van der Waals surface area (Å²) in [5.41, 5.74) is 0.